The summed E-state index contributed by atoms with van der Waals surface area (Å²) in [7, 11) is 0. The van der Waals surface area contributed by atoms with Crippen LogP contribution in [-0.4, -0.2) is 15.2 Å². The van der Waals surface area contributed by atoms with Gasteiger partial charge in [0.1, 0.15) is 0 Å². The topological polar surface area (TPSA) is 54.7 Å². The molecule has 0 saturated heterocycles. The highest BCUT2D eigenvalue weighted by molar-refractivity contribution is 7.98. The van der Waals surface area contributed by atoms with Crippen LogP contribution in [0.5, 0.6) is 0 Å². The molecule has 4 nitrogen and oxygen atoms in total. The van der Waals surface area contributed by atoms with Crippen molar-refractivity contribution in [3.05, 3.63) is 77.3 Å². The summed E-state index contributed by atoms with van der Waals surface area (Å²) in [6.45, 7) is 0. The number of rotatable bonds is 5. The molecule has 138 valence electrons. The standard InChI is InChI=1S/C19H14F3N3OS/c20-19(21,22)14-7-5-12(6-8-14)11-27-18-25-24-17(26-18)9-13-10-23-16-4-2-1-3-15(13)16/h1-8,10,23H,9,11H2. The second-order valence-electron chi connectivity index (χ2n) is 5.98. The summed E-state index contributed by atoms with van der Waals surface area (Å²) >= 11 is 1.29. The van der Waals surface area contributed by atoms with Gasteiger partial charge < -0.3 is 9.40 Å². The zero-order chi connectivity index (χ0) is 18.9. The Balaban J connectivity index is 1.40. The molecule has 0 radical (unpaired) electrons. The minimum atomic E-state index is -4.32. The van der Waals surface area contributed by atoms with Crippen molar-refractivity contribution in [3.63, 3.8) is 0 Å². The van der Waals surface area contributed by atoms with Crippen LogP contribution in [0.1, 0.15) is 22.6 Å². The maximum atomic E-state index is 12.6. The molecule has 0 spiro atoms. The SMILES string of the molecule is FC(F)(F)c1ccc(CSc2nnc(Cc3c[nH]c4ccccc34)o2)cc1. The lowest BCUT2D eigenvalue weighted by molar-refractivity contribution is -0.137. The van der Waals surface area contributed by atoms with Gasteiger partial charge in [-0.3, -0.25) is 0 Å². The van der Waals surface area contributed by atoms with Crippen LogP contribution in [0.2, 0.25) is 0 Å². The monoisotopic (exact) mass is 389 g/mol. The molecule has 27 heavy (non-hydrogen) atoms. The second-order valence-corrected chi connectivity index (χ2v) is 6.91. The molecule has 0 aliphatic heterocycles. The van der Waals surface area contributed by atoms with E-state index in [1.165, 1.54) is 23.9 Å². The van der Waals surface area contributed by atoms with Crippen LogP contribution in [0, 0.1) is 0 Å². The minimum Gasteiger partial charge on any atom is -0.416 e. The summed E-state index contributed by atoms with van der Waals surface area (Å²) in [5.41, 5.74) is 2.21. The summed E-state index contributed by atoms with van der Waals surface area (Å²) in [6.07, 6.45) is -1.89. The number of alkyl halides is 3. The molecule has 0 atom stereocenters. The Labute approximate surface area is 156 Å². The number of nitrogens with zero attached hydrogens (tertiary/aromatic N) is 2. The predicted molar refractivity (Wildman–Crippen MR) is 96.4 cm³/mol. The molecule has 0 aliphatic rings. The van der Waals surface area contributed by atoms with Gasteiger partial charge in [-0.05, 0) is 29.3 Å². The van der Waals surface area contributed by atoms with Crippen molar-refractivity contribution in [2.75, 3.05) is 0 Å². The van der Waals surface area contributed by atoms with Crippen LogP contribution >= 0.6 is 11.8 Å². The molecule has 2 heterocycles. The van der Waals surface area contributed by atoms with E-state index in [2.05, 4.69) is 15.2 Å². The average Bonchev–Trinajstić information content (AvgIpc) is 3.27. The van der Waals surface area contributed by atoms with E-state index in [-0.39, 0.29) is 0 Å². The lowest BCUT2D eigenvalue weighted by Crippen LogP contribution is -2.04. The molecule has 2 aromatic carbocycles. The number of hydrogen-bond donors (Lipinski definition) is 1. The van der Waals surface area contributed by atoms with Crippen molar-refractivity contribution in [2.24, 2.45) is 0 Å². The number of thioether (sulfide) groups is 1. The second kappa shape index (κ2) is 7.11. The van der Waals surface area contributed by atoms with Crippen molar-refractivity contribution in [3.8, 4) is 0 Å². The molecule has 0 amide bonds. The molecular weight excluding hydrogens is 375 g/mol. The molecule has 0 bridgehead atoms. The Hall–Kier alpha value is -2.74. The van der Waals surface area contributed by atoms with Gasteiger partial charge in [0, 0.05) is 22.9 Å². The highest BCUT2D eigenvalue weighted by atomic mass is 32.2. The number of H-pyrrole nitrogens is 1. The molecule has 2 aromatic heterocycles. The molecule has 4 rings (SSSR count). The predicted octanol–water partition coefficient (Wildman–Crippen LogP) is 5.45. The molecular formula is C19H14F3N3OS. The van der Waals surface area contributed by atoms with E-state index in [1.807, 2.05) is 30.5 Å². The zero-order valence-corrected chi connectivity index (χ0v) is 14.8. The van der Waals surface area contributed by atoms with Crippen molar-refractivity contribution < 1.29 is 17.6 Å². The van der Waals surface area contributed by atoms with E-state index in [0.29, 0.717) is 23.3 Å². The third-order valence-corrected chi connectivity index (χ3v) is 5.00. The van der Waals surface area contributed by atoms with Crippen LogP contribution in [0.15, 0.2) is 64.4 Å². The molecule has 4 aromatic rings. The number of para-hydroxylation sites is 1. The fraction of sp³-hybridized carbons (Fsp3) is 0.158. The Morgan fingerprint density at radius 2 is 1.78 bits per heavy atom. The summed E-state index contributed by atoms with van der Waals surface area (Å²) in [5, 5.41) is 9.56. The van der Waals surface area contributed by atoms with Crippen LogP contribution in [0.3, 0.4) is 0 Å². The lowest BCUT2D eigenvalue weighted by atomic mass is 10.1. The van der Waals surface area contributed by atoms with E-state index >= 15 is 0 Å². The van der Waals surface area contributed by atoms with E-state index in [0.717, 1.165) is 34.2 Å². The molecule has 0 saturated carbocycles. The number of benzene rings is 2. The Kier molecular flexibility index (Phi) is 4.65. The van der Waals surface area contributed by atoms with E-state index < -0.39 is 11.7 Å². The number of halogens is 3. The fourth-order valence-electron chi connectivity index (χ4n) is 2.74. The van der Waals surface area contributed by atoms with Gasteiger partial charge in [-0.1, -0.05) is 42.1 Å². The molecule has 8 heteroatoms. The maximum absolute atomic E-state index is 12.6. The van der Waals surface area contributed by atoms with Crippen molar-refractivity contribution in [2.45, 2.75) is 23.6 Å². The van der Waals surface area contributed by atoms with Crippen LogP contribution in [0.25, 0.3) is 10.9 Å². The van der Waals surface area contributed by atoms with Gasteiger partial charge in [0.2, 0.25) is 5.89 Å². The number of nitrogens with one attached hydrogen (secondary N) is 1. The summed E-state index contributed by atoms with van der Waals surface area (Å²) < 4.78 is 43.4. The van der Waals surface area contributed by atoms with Gasteiger partial charge in [0.05, 0.1) is 12.0 Å². The van der Waals surface area contributed by atoms with Gasteiger partial charge in [-0.15, -0.1) is 10.2 Å². The lowest BCUT2D eigenvalue weighted by Gasteiger charge is -2.06. The Bertz CT molecular complexity index is 1050. The number of fused-ring (bicyclic) bond motifs is 1. The van der Waals surface area contributed by atoms with E-state index in [9.17, 15) is 13.2 Å². The summed E-state index contributed by atoms with van der Waals surface area (Å²) in [4.78, 5) is 3.20. The highest BCUT2D eigenvalue weighted by Gasteiger charge is 2.29. The number of aromatic nitrogens is 3. The normalized spacial score (nSPS) is 12.0. The average molecular weight is 389 g/mol. The van der Waals surface area contributed by atoms with E-state index in [4.69, 9.17) is 4.42 Å². The third-order valence-electron chi connectivity index (χ3n) is 4.11. The fourth-order valence-corrected chi connectivity index (χ4v) is 3.48. The zero-order valence-electron chi connectivity index (χ0n) is 14.0. The first-order valence-corrected chi connectivity index (χ1v) is 9.14. The van der Waals surface area contributed by atoms with Crippen LogP contribution < -0.4 is 0 Å². The number of aromatic amines is 1. The summed E-state index contributed by atoms with van der Waals surface area (Å²) in [5.74, 6) is 0.946. The van der Waals surface area contributed by atoms with Crippen molar-refractivity contribution >= 4 is 22.7 Å². The summed E-state index contributed by atoms with van der Waals surface area (Å²) in [6, 6.07) is 13.0. The van der Waals surface area contributed by atoms with Gasteiger partial charge >= 0.3 is 6.18 Å². The van der Waals surface area contributed by atoms with Gasteiger partial charge in [-0.25, -0.2) is 0 Å². The van der Waals surface area contributed by atoms with Crippen molar-refractivity contribution in [1.82, 2.24) is 15.2 Å². The Morgan fingerprint density at radius 3 is 2.56 bits per heavy atom. The first kappa shape index (κ1) is 17.7. The first-order valence-electron chi connectivity index (χ1n) is 8.15. The third kappa shape index (κ3) is 4.00. The first-order chi connectivity index (χ1) is 13.0. The number of hydrogen-bond acceptors (Lipinski definition) is 4. The van der Waals surface area contributed by atoms with Gasteiger partial charge in [0.25, 0.3) is 5.22 Å². The molecule has 0 unspecified atom stereocenters. The van der Waals surface area contributed by atoms with Crippen molar-refractivity contribution in [1.29, 1.82) is 0 Å². The quantitative estimate of drug-likeness (QED) is 0.461. The highest BCUT2D eigenvalue weighted by Crippen LogP contribution is 2.30. The molecule has 1 N–H and O–H groups in total. The minimum absolute atomic E-state index is 0.393. The largest absolute Gasteiger partial charge is 0.416 e. The van der Waals surface area contributed by atoms with E-state index in [1.54, 1.807) is 0 Å². The Morgan fingerprint density at radius 1 is 1.00 bits per heavy atom. The van der Waals surface area contributed by atoms with Gasteiger partial charge in [0.15, 0.2) is 0 Å². The van der Waals surface area contributed by atoms with Crippen LogP contribution in [0.4, 0.5) is 13.2 Å². The van der Waals surface area contributed by atoms with Crippen LogP contribution in [-0.2, 0) is 18.3 Å². The molecule has 0 aliphatic carbocycles. The smallest absolute Gasteiger partial charge is 0.416 e. The molecule has 0 fully saturated rings. The maximum Gasteiger partial charge on any atom is 0.416 e. The van der Waals surface area contributed by atoms with Gasteiger partial charge in [-0.2, -0.15) is 13.2 Å².